The van der Waals surface area contributed by atoms with Gasteiger partial charge in [-0.2, -0.15) is 0 Å². The Labute approximate surface area is 212 Å². The predicted octanol–water partition coefficient (Wildman–Crippen LogP) is 3.95. The summed E-state index contributed by atoms with van der Waals surface area (Å²) in [5.41, 5.74) is 0.876. The Hall–Kier alpha value is -3.24. The lowest BCUT2D eigenvalue weighted by Gasteiger charge is -2.31. The molecule has 0 saturated carbocycles. The molecule has 0 aromatic heterocycles. The highest BCUT2D eigenvalue weighted by atomic mass is 79.9. The quantitative estimate of drug-likeness (QED) is 0.428. The van der Waals surface area contributed by atoms with Crippen molar-refractivity contribution in [1.29, 1.82) is 0 Å². The fourth-order valence-corrected chi connectivity index (χ4v) is 5.36. The minimum atomic E-state index is -4.17. The maximum absolute atomic E-state index is 13.6. The highest BCUT2D eigenvalue weighted by Gasteiger charge is 2.32. The maximum atomic E-state index is 13.6. The molecule has 0 heterocycles. The van der Waals surface area contributed by atoms with Gasteiger partial charge in [0.2, 0.25) is 11.8 Å². The van der Waals surface area contributed by atoms with E-state index in [-0.39, 0.29) is 17.1 Å². The molecule has 0 fully saturated rings. The number of likely N-dealkylation sites (N-methyl/N-ethyl adjacent to an activating group) is 1. The highest BCUT2D eigenvalue weighted by Crippen LogP contribution is 2.25. The average molecular weight is 562 g/mol. The van der Waals surface area contributed by atoms with Crippen LogP contribution in [0.25, 0.3) is 0 Å². The predicted molar refractivity (Wildman–Crippen MR) is 136 cm³/mol. The van der Waals surface area contributed by atoms with Crippen molar-refractivity contribution in [3.05, 3.63) is 94.7 Å². The van der Waals surface area contributed by atoms with Crippen LogP contribution in [-0.2, 0) is 26.2 Å². The lowest BCUT2D eigenvalue weighted by atomic mass is 10.1. The number of sulfonamides is 1. The number of hydrogen-bond acceptors (Lipinski definition) is 4. The van der Waals surface area contributed by atoms with E-state index in [1.54, 1.807) is 37.3 Å². The Bertz CT molecular complexity index is 1290. The molecular weight excluding hydrogens is 537 g/mol. The van der Waals surface area contributed by atoms with Gasteiger partial charge in [-0.15, -0.1) is 0 Å². The van der Waals surface area contributed by atoms with Crippen LogP contribution < -0.4 is 9.62 Å². The summed E-state index contributed by atoms with van der Waals surface area (Å²) < 4.78 is 42.3. The van der Waals surface area contributed by atoms with Crippen LogP contribution in [0.2, 0.25) is 0 Å². The maximum Gasteiger partial charge on any atom is 0.264 e. The second-order valence-corrected chi connectivity index (χ2v) is 10.5. The van der Waals surface area contributed by atoms with E-state index in [4.69, 9.17) is 0 Å². The summed E-state index contributed by atoms with van der Waals surface area (Å²) in [6.45, 7) is 1.07. The van der Waals surface area contributed by atoms with Crippen molar-refractivity contribution in [3.8, 4) is 0 Å². The van der Waals surface area contributed by atoms with Gasteiger partial charge in [-0.3, -0.25) is 13.9 Å². The molecule has 3 aromatic rings. The van der Waals surface area contributed by atoms with Gasteiger partial charge in [0.15, 0.2) is 0 Å². The van der Waals surface area contributed by atoms with Crippen molar-refractivity contribution in [3.63, 3.8) is 0 Å². The van der Waals surface area contributed by atoms with Crippen LogP contribution in [0.15, 0.2) is 88.2 Å². The summed E-state index contributed by atoms with van der Waals surface area (Å²) in [4.78, 5) is 27.3. The molecule has 2 amide bonds. The fraction of sp³-hybridized carbons (Fsp3) is 0.200. The molecular formula is C25H25BrFN3O4S. The van der Waals surface area contributed by atoms with E-state index in [2.05, 4.69) is 21.2 Å². The van der Waals surface area contributed by atoms with Crippen LogP contribution in [-0.4, -0.2) is 44.8 Å². The van der Waals surface area contributed by atoms with Crippen LogP contribution in [0, 0.1) is 5.82 Å². The minimum absolute atomic E-state index is 0.0185. The molecule has 1 unspecified atom stereocenters. The van der Waals surface area contributed by atoms with Crippen molar-refractivity contribution in [1.82, 2.24) is 10.2 Å². The van der Waals surface area contributed by atoms with E-state index < -0.39 is 40.2 Å². The van der Waals surface area contributed by atoms with Crippen molar-refractivity contribution >= 4 is 43.5 Å². The Morgan fingerprint density at radius 3 is 2.26 bits per heavy atom. The number of rotatable bonds is 9. The molecule has 0 aliphatic rings. The SMILES string of the molecule is CNC(=O)C(C)N(Cc1cccc(Br)c1)C(=O)CN(c1ccc(F)cc1)S(=O)(=O)c1ccccc1. The Morgan fingerprint density at radius 2 is 1.66 bits per heavy atom. The smallest absolute Gasteiger partial charge is 0.264 e. The highest BCUT2D eigenvalue weighted by molar-refractivity contribution is 9.10. The standard InChI is InChI=1S/C25H25BrFN3O4S/c1-18(25(32)28-2)29(16-19-7-6-8-20(26)15-19)24(31)17-30(22-13-11-21(27)12-14-22)35(33,34)23-9-4-3-5-10-23/h3-15,18H,16-17H2,1-2H3,(H,28,32). The van der Waals surface area contributed by atoms with Crippen LogP contribution in [0.3, 0.4) is 0 Å². The molecule has 184 valence electrons. The van der Waals surface area contributed by atoms with E-state index in [0.29, 0.717) is 0 Å². The second kappa shape index (κ2) is 11.5. The summed E-state index contributed by atoms with van der Waals surface area (Å²) in [7, 11) is -2.71. The summed E-state index contributed by atoms with van der Waals surface area (Å²) in [6, 6.07) is 18.9. The first-order chi connectivity index (χ1) is 16.6. The van der Waals surface area contributed by atoms with Gasteiger partial charge in [0.25, 0.3) is 10.0 Å². The molecule has 0 saturated heterocycles. The third-order valence-corrected chi connectivity index (χ3v) is 7.66. The Kier molecular flexibility index (Phi) is 8.63. The van der Waals surface area contributed by atoms with E-state index in [1.165, 1.54) is 36.2 Å². The third kappa shape index (κ3) is 6.46. The van der Waals surface area contributed by atoms with Crippen molar-refractivity contribution in [2.24, 2.45) is 0 Å². The van der Waals surface area contributed by atoms with E-state index >= 15 is 0 Å². The number of benzene rings is 3. The number of halogens is 2. The molecule has 0 radical (unpaired) electrons. The minimum Gasteiger partial charge on any atom is -0.357 e. The third-order valence-electron chi connectivity index (χ3n) is 5.38. The molecule has 35 heavy (non-hydrogen) atoms. The second-order valence-electron chi connectivity index (χ2n) is 7.74. The Balaban J connectivity index is 2.01. The van der Waals surface area contributed by atoms with Gasteiger partial charge in [-0.05, 0) is 61.0 Å². The topological polar surface area (TPSA) is 86.8 Å². The van der Waals surface area contributed by atoms with Crippen LogP contribution in [0.1, 0.15) is 12.5 Å². The lowest BCUT2D eigenvalue weighted by molar-refractivity contribution is -0.139. The summed E-state index contributed by atoms with van der Waals surface area (Å²) in [5.74, 6) is -1.53. The van der Waals surface area contributed by atoms with Crippen molar-refractivity contribution in [2.45, 2.75) is 24.4 Å². The summed E-state index contributed by atoms with van der Waals surface area (Å²) >= 11 is 3.40. The zero-order valence-corrected chi connectivity index (χ0v) is 21.6. The molecule has 0 spiro atoms. The number of carbonyl (C=O) groups is 2. The molecule has 3 aromatic carbocycles. The number of hydrogen-bond donors (Lipinski definition) is 1. The molecule has 10 heteroatoms. The number of nitrogens with zero attached hydrogens (tertiary/aromatic N) is 2. The largest absolute Gasteiger partial charge is 0.357 e. The molecule has 7 nitrogen and oxygen atoms in total. The van der Waals surface area contributed by atoms with Gasteiger partial charge in [-0.1, -0.05) is 46.3 Å². The van der Waals surface area contributed by atoms with E-state index in [1.807, 2.05) is 12.1 Å². The first-order valence-corrected chi connectivity index (χ1v) is 13.0. The number of nitrogens with one attached hydrogen (secondary N) is 1. The van der Waals surface area contributed by atoms with E-state index in [9.17, 15) is 22.4 Å². The molecule has 1 atom stereocenters. The Morgan fingerprint density at radius 1 is 1.00 bits per heavy atom. The van der Waals surface area contributed by atoms with Crippen LogP contribution in [0.4, 0.5) is 10.1 Å². The first kappa shape index (κ1) is 26.4. The zero-order valence-electron chi connectivity index (χ0n) is 19.2. The molecule has 3 rings (SSSR count). The summed E-state index contributed by atoms with van der Waals surface area (Å²) in [6.07, 6.45) is 0. The number of amides is 2. The van der Waals surface area contributed by atoms with Crippen molar-refractivity contribution < 1.29 is 22.4 Å². The number of anilines is 1. The van der Waals surface area contributed by atoms with Crippen LogP contribution in [0.5, 0.6) is 0 Å². The van der Waals surface area contributed by atoms with Gasteiger partial charge in [0, 0.05) is 18.1 Å². The molecule has 1 N–H and O–H groups in total. The molecule has 0 bridgehead atoms. The monoisotopic (exact) mass is 561 g/mol. The van der Waals surface area contributed by atoms with Crippen molar-refractivity contribution in [2.75, 3.05) is 17.9 Å². The summed E-state index contributed by atoms with van der Waals surface area (Å²) in [5, 5.41) is 2.53. The van der Waals surface area contributed by atoms with Crippen LogP contribution >= 0.6 is 15.9 Å². The fourth-order valence-electron chi connectivity index (χ4n) is 3.48. The average Bonchev–Trinajstić information content (AvgIpc) is 2.86. The lowest BCUT2D eigenvalue weighted by Crippen LogP contribution is -2.50. The zero-order chi connectivity index (χ0) is 25.6. The molecule has 0 aliphatic carbocycles. The normalized spacial score (nSPS) is 12.0. The van der Waals surface area contributed by atoms with Gasteiger partial charge >= 0.3 is 0 Å². The first-order valence-electron chi connectivity index (χ1n) is 10.7. The molecule has 0 aliphatic heterocycles. The van der Waals surface area contributed by atoms with Gasteiger partial charge in [0.1, 0.15) is 18.4 Å². The van der Waals surface area contributed by atoms with Gasteiger partial charge in [0.05, 0.1) is 10.6 Å². The van der Waals surface area contributed by atoms with Gasteiger partial charge in [-0.25, -0.2) is 12.8 Å². The van der Waals surface area contributed by atoms with E-state index in [0.717, 1.165) is 26.5 Å². The number of carbonyl (C=O) groups excluding carboxylic acids is 2. The van der Waals surface area contributed by atoms with Gasteiger partial charge < -0.3 is 10.2 Å².